The number of carbonyl (C=O) groups is 1. The summed E-state index contributed by atoms with van der Waals surface area (Å²) in [5, 5.41) is 74.4. The molecule has 1 fully saturated rings. The van der Waals surface area contributed by atoms with E-state index < -0.39 is 75.2 Å². The molecule has 14 heteroatoms. The maximum atomic E-state index is 13.0. The SMILES string of the molecule is CCCCCCCCCCC/C=C/CC/C=C/CC/C=C/C(O)C(COP(=O)(O)OC1C(O)C(O)C(O)C(O)C1O)NC(=O)CC(O)CCCCCCCCCCCCC. The largest absolute Gasteiger partial charge is 0.472 e. The van der Waals surface area contributed by atoms with Crippen LogP contribution in [0.3, 0.4) is 0 Å². The fourth-order valence-electron chi connectivity index (χ4n) is 7.33. The number of carbonyl (C=O) groups excluding carboxylic acids is 1. The van der Waals surface area contributed by atoms with Crippen molar-refractivity contribution in [3.63, 3.8) is 0 Å². The molecule has 0 aromatic rings. The average molecular weight is 876 g/mol. The Morgan fingerprint density at radius 1 is 0.583 bits per heavy atom. The van der Waals surface area contributed by atoms with E-state index in [9.17, 15) is 50.0 Å². The zero-order valence-electron chi connectivity index (χ0n) is 37.1. The lowest BCUT2D eigenvalue weighted by molar-refractivity contribution is -0.220. The molecule has 0 heterocycles. The lowest BCUT2D eigenvalue weighted by atomic mass is 9.85. The van der Waals surface area contributed by atoms with Crippen molar-refractivity contribution in [2.24, 2.45) is 0 Å². The van der Waals surface area contributed by atoms with Gasteiger partial charge in [-0.2, -0.15) is 0 Å². The summed E-state index contributed by atoms with van der Waals surface area (Å²) in [6, 6.07) is -1.26. The number of hydrogen-bond donors (Lipinski definition) is 9. The fourth-order valence-corrected chi connectivity index (χ4v) is 8.30. The topological polar surface area (TPSA) is 226 Å². The Balaban J connectivity index is 2.59. The summed E-state index contributed by atoms with van der Waals surface area (Å²) in [4.78, 5) is 23.4. The standard InChI is InChI=1S/C46H86NO12P/c1-3-5-7-9-11-13-15-16-17-18-19-20-21-22-24-26-28-30-32-34-39(49)38(36-58-60(56,57)59-46-44(54)42(52)41(51)43(53)45(46)55)47-40(50)35-37(48)33-31-29-27-25-23-14-12-10-8-6-4-2/h19-20,24,26,32,34,37-39,41-46,48-49,51-55H,3-18,21-23,25,27-31,33,35-36H2,1-2H3,(H,47,50)(H,56,57)/b20-19+,26-24+,34-32+. The molecule has 1 aliphatic rings. The van der Waals surface area contributed by atoms with Gasteiger partial charge in [0.25, 0.3) is 0 Å². The summed E-state index contributed by atoms with van der Waals surface area (Å²) < 4.78 is 22.8. The minimum absolute atomic E-state index is 0.254. The third-order valence-electron chi connectivity index (χ3n) is 11.2. The van der Waals surface area contributed by atoms with Gasteiger partial charge in [-0.1, -0.05) is 172 Å². The molecule has 0 saturated heterocycles. The van der Waals surface area contributed by atoms with Gasteiger partial charge in [-0.3, -0.25) is 13.8 Å². The van der Waals surface area contributed by atoms with E-state index in [1.807, 2.05) is 0 Å². The van der Waals surface area contributed by atoms with Crippen molar-refractivity contribution >= 4 is 13.7 Å². The number of allylic oxidation sites excluding steroid dienone is 5. The van der Waals surface area contributed by atoms with Gasteiger partial charge in [0.2, 0.25) is 5.91 Å². The van der Waals surface area contributed by atoms with Gasteiger partial charge >= 0.3 is 7.82 Å². The summed E-state index contributed by atoms with van der Waals surface area (Å²) in [6.07, 6.45) is 26.7. The van der Waals surface area contributed by atoms with Crippen molar-refractivity contribution < 1.29 is 59.0 Å². The predicted molar refractivity (Wildman–Crippen MR) is 238 cm³/mol. The molecule has 9 N–H and O–H groups in total. The molecule has 0 aromatic carbocycles. The van der Waals surface area contributed by atoms with Crippen molar-refractivity contribution in [1.82, 2.24) is 5.32 Å². The second kappa shape index (κ2) is 35.9. The first-order valence-electron chi connectivity index (χ1n) is 23.5. The van der Waals surface area contributed by atoms with E-state index in [2.05, 4.69) is 43.5 Å². The van der Waals surface area contributed by atoms with Crippen LogP contribution in [0.2, 0.25) is 0 Å². The van der Waals surface area contributed by atoms with Crippen molar-refractivity contribution in [3.05, 3.63) is 36.5 Å². The first-order chi connectivity index (χ1) is 28.8. The molecule has 1 rings (SSSR count). The number of phosphoric ester groups is 1. The molecule has 0 aromatic heterocycles. The van der Waals surface area contributed by atoms with Crippen LogP contribution >= 0.6 is 7.82 Å². The van der Waals surface area contributed by atoms with Gasteiger partial charge in [0.15, 0.2) is 0 Å². The maximum Gasteiger partial charge on any atom is 0.472 e. The highest BCUT2D eigenvalue weighted by Gasteiger charge is 2.51. The Bertz CT molecular complexity index is 1170. The smallest absolute Gasteiger partial charge is 0.393 e. The minimum atomic E-state index is -5.15. The Labute approximate surface area is 362 Å². The van der Waals surface area contributed by atoms with Gasteiger partial charge in [-0.15, -0.1) is 0 Å². The quantitative estimate of drug-likeness (QED) is 0.0165. The number of phosphoric acid groups is 1. The van der Waals surface area contributed by atoms with Gasteiger partial charge in [-0.25, -0.2) is 4.57 Å². The number of aliphatic hydroxyl groups is 7. The molecule has 0 spiro atoms. The summed E-state index contributed by atoms with van der Waals surface area (Å²) in [5.74, 6) is -0.608. The van der Waals surface area contributed by atoms with Gasteiger partial charge in [0.1, 0.15) is 36.6 Å². The van der Waals surface area contributed by atoms with Crippen LogP contribution in [-0.2, 0) is 18.4 Å². The summed E-state index contributed by atoms with van der Waals surface area (Å²) >= 11 is 0. The van der Waals surface area contributed by atoms with Crippen LogP contribution in [0.25, 0.3) is 0 Å². The molecule has 1 aliphatic carbocycles. The molecule has 352 valence electrons. The molecule has 8 unspecified atom stereocenters. The summed E-state index contributed by atoms with van der Waals surface area (Å²) in [7, 11) is -5.15. The van der Waals surface area contributed by atoms with Crippen LogP contribution in [0, 0.1) is 0 Å². The number of unbranched alkanes of at least 4 members (excludes halogenated alkanes) is 21. The van der Waals surface area contributed by atoms with Crippen LogP contribution in [0.1, 0.15) is 187 Å². The number of rotatable bonds is 38. The van der Waals surface area contributed by atoms with Crippen LogP contribution in [0.4, 0.5) is 0 Å². The van der Waals surface area contributed by atoms with Crippen LogP contribution in [0.15, 0.2) is 36.5 Å². The molecule has 0 aliphatic heterocycles. The van der Waals surface area contributed by atoms with E-state index in [4.69, 9.17) is 9.05 Å². The van der Waals surface area contributed by atoms with Gasteiger partial charge in [0, 0.05) is 0 Å². The van der Waals surface area contributed by atoms with E-state index in [1.165, 1.54) is 109 Å². The molecular formula is C46H86NO12P. The minimum Gasteiger partial charge on any atom is -0.393 e. The van der Waals surface area contributed by atoms with E-state index in [1.54, 1.807) is 6.08 Å². The van der Waals surface area contributed by atoms with Crippen molar-refractivity contribution in [2.75, 3.05) is 6.61 Å². The number of nitrogens with one attached hydrogen (secondary N) is 1. The highest BCUT2D eigenvalue weighted by atomic mass is 31.2. The van der Waals surface area contributed by atoms with Gasteiger partial charge in [0.05, 0.1) is 31.3 Å². The number of aliphatic hydroxyl groups excluding tert-OH is 7. The summed E-state index contributed by atoms with van der Waals surface area (Å²) in [6.45, 7) is 3.71. The lowest BCUT2D eigenvalue weighted by Crippen LogP contribution is -2.64. The highest BCUT2D eigenvalue weighted by Crippen LogP contribution is 2.47. The Morgan fingerprint density at radius 2 is 0.983 bits per heavy atom. The van der Waals surface area contributed by atoms with E-state index >= 15 is 0 Å². The maximum absolute atomic E-state index is 13.0. The fraction of sp³-hybridized carbons (Fsp3) is 0.848. The van der Waals surface area contributed by atoms with Gasteiger partial charge in [-0.05, 0) is 44.9 Å². The van der Waals surface area contributed by atoms with Crippen molar-refractivity contribution in [2.45, 2.75) is 242 Å². The Hall–Kier alpha value is -1.48. The van der Waals surface area contributed by atoms with Crippen molar-refractivity contribution in [3.8, 4) is 0 Å². The lowest BCUT2D eigenvalue weighted by Gasteiger charge is -2.41. The third-order valence-corrected chi connectivity index (χ3v) is 12.2. The summed E-state index contributed by atoms with van der Waals surface area (Å²) in [5.41, 5.74) is 0. The first-order valence-corrected chi connectivity index (χ1v) is 25.0. The molecule has 0 radical (unpaired) electrons. The Kier molecular flexibility index (Phi) is 33.8. The average Bonchev–Trinajstić information content (AvgIpc) is 3.22. The molecular weight excluding hydrogens is 789 g/mol. The second-order valence-corrected chi connectivity index (χ2v) is 18.2. The molecule has 1 amide bonds. The molecule has 13 nitrogen and oxygen atoms in total. The highest BCUT2D eigenvalue weighted by molar-refractivity contribution is 7.47. The predicted octanol–water partition coefficient (Wildman–Crippen LogP) is 7.75. The molecule has 60 heavy (non-hydrogen) atoms. The third kappa shape index (κ3) is 27.6. The van der Waals surface area contributed by atoms with Crippen LogP contribution < -0.4 is 5.32 Å². The van der Waals surface area contributed by atoms with E-state index in [0.717, 1.165) is 44.9 Å². The molecule has 1 saturated carbocycles. The zero-order chi connectivity index (χ0) is 44.4. The van der Waals surface area contributed by atoms with Crippen LogP contribution in [-0.4, -0.2) is 108 Å². The monoisotopic (exact) mass is 876 g/mol. The Morgan fingerprint density at radius 3 is 1.47 bits per heavy atom. The molecule has 8 atom stereocenters. The second-order valence-electron chi connectivity index (χ2n) is 16.8. The first kappa shape index (κ1) is 56.5. The van der Waals surface area contributed by atoms with Crippen molar-refractivity contribution in [1.29, 1.82) is 0 Å². The normalized spacial score (nSPS) is 23.7. The van der Waals surface area contributed by atoms with E-state index in [0.29, 0.717) is 19.3 Å². The zero-order valence-corrected chi connectivity index (χ0v) is 38.0. The number of hydrogen-bond acceptors (Lipinski definition) is 11. The number of amides is 1. The molecule has 0 bridgehead atoms. The van der Waals surface area contributed by atoms with Gasteiger partial charge < -0.3 is 46.0 Å². The van der Waals surface area contributed by atoms with Crippen LogP contribution in [0.5, 0.6) is 0 Å². The van der Waals surface area contributed by atoms with E-state index in [-0.39, 0.29) is 6.42 Å².